The first-order chi connectivity index (χ1) is 9.24. The summed E-state index contributed by atoms with van der Waals surface area (Å²) in [5.74, 6) is 0. The maximum absolute atomic E-state index is 9.47. The van der Waals surface area contributed by atoms with Gasteiger partial charge in [-0.3, -0.25) is 0 Å². The van der Waals surface area contributed by atoms with Crippen molar-refractivity contribution in [3.8, 4) is 0 Å². The van der Waals surface area contributed by atoms with Crippen LogP contribution in [0.5, 0.6) is 0 Å². The van der Waals surface area contributed by atoms with Gasteiger partial charge in [-0.1, -0.05) is 24.6 Å². The van der Waals surface area contributed by atoms with Gasteiger partial charge in [0.1, 0.15) is 0 Å². The standard InChI is InChI=1S/C16H22N2O/c1-12-14(13-5-2-3-6-15(13)18-12)9-17-10-16(11-19)7-4-8-16/h2-3,5-6,17-19H,4,7-11H2,1H3. The van der Waals surface area contributed by atoms with Crippen molar-refractivity contribution in [2.24, 2.45) is 5.41 Å². The number of benzene rings is 1. The van der Waals surface area contributed by atoms with E-state index in [1.54, 1.807) is 0 Å². The van der Waals surface area contributed by atoms with Crippen LogP contribution in [0.15, 0.2) is 24.3 Å². The highest BCUT2D eigenvalue weighted by Crippen LogP contribution is 2.39. The first kappa shape index (κ1) is 12.7. The smallest absolute Gasteiger partial charge is 0.0499 e. The summed E-state index contributed by atoms with van der Waals surface area (Å²) >= 11 is 0. The van der Waals surface area contributed by atoms with E-state index < -0.39 is 0 Å². The van der Waals surface area contributed by atoms with Crippen LogP contribution in [0.25, 0.3) is 10.9 Å². The third kappa shape index (κ3) is 2.28. The average Bonchev–Trinajstić information content (AvgIpc) is 2.69. The van der Waals surface area contributed by atoms with Crippen molar-refractivity contribution in [2.75, 3.05) is 13.2 Å². The van der Waals surface area contributed by atoms with Gasteiger partial charge in [-0.15, -0.1) is 0 Å². The van der Waals surface area contributed by atoms with E-state index in [-0.39, 0.29) is 5.41 Å². The highest BCUT2D eigenvalue weighted by molar-refractivity contribution is 5.84. The first-order valence-corrected chi connectivity index (χ1v) is 7.12. The minimum Gasteiger partial charge on any atom is -0.396 e. The van der Waals surface area contributed by atoms with E-state index in [1.165, 1.54) is 28.6 Å². The monoisotopic (exact) mass is 258 g/mol. The molecular formula is C16H22N2O. The molecule has 0 saturated heterocycles. The van der Waals surface area contributed by atoms with Gasteiger partial charge >= 0.3 is 0 Å². The summed E-state index contributed by atoms with van der Waals surface area (Å²) in [7, 11) is 0. The van der Waals surface area contributed by atoms with E-state index in [4.69, 9.17) is 0 Å². The van der Waals surface area contributed by atoms with Crippen LogP contribution >= 0.6 is 0 Å². The van der Waals surface area contributed by atoms with E-state index in [2.05, 4.69) is 41.5 Å². The zero-order valence-electron chi connectivity index (χ0n) is 11.5. The van der Waals surface area contributed by atoms with Gasteiger partial charge in [-0.05, 0) is 31.4 Å². The molecule has 1 aliphatic carbocycles. The lowest BCUT2D eigenvalue weighted by Crippen LogP contribution is -2.42. The Balaban J connectivity index is 1.70. The maximum atomic E-state index is 9.47. The molecule has 1 aromatic heterocycles. The Bertz CT molecular complexity index is 564. The minimum atomic E-state index is 0.153. The quantitative estimate of drug-likeness (QED) is 0.772. The molecule has 0 unspecified atom stereocenters. The second kappa shape index (κ2) is 4.99. The Labute approximate surface area is 114 Å². The van der Waals surface area contributed by atoms with E-state index >= 15 is 0 Å². The van der Waals surface area contributed by atoms with Gasteiger partial charge in [0.15, 0.2) is 0 Å². The molecule has 1 aliphatic rings. The number of aryl methyl sites for hydroxylation is 1. The lowest BCUT2D eigenvalue weighted by Gasteiger charge is -2.40. The number of rotatable bonds is 5. The van der Waals surface area contributed by atoms with Crippen molar-refractivity contribution in [1.82, 2.24) is 10.3 Å². The molecule has 0 aliphatic heterocycles. The highest BCUT2D eigenvalue weighted by Gasteiger charge is 2.35. The zero-order chi connectivity index (χ0) is 13.3. The van der Waals surface area contributed by atoms with E-state index in [9.17, 15) is 5.11 Å². The predicted molar refractivity (Wildman–Crippen MR) is 78.1 cm³/mol. The molecule has 0 bridgehead atoms. The minimum absolute atomic E-state index is 0.153. The van der Waals surface area contributed by atoms with Gasteiger partial charge in [0.25, 0.3) is 0 Å². The third-order valence-corrected chi connectivity index (χ3v) is 4.58. The van der Waals surface area contributed by atoms with Gasteiger partial charge in [0.05, 0.1) is 0 Å². The van der Waals surface area contributed by atoms with Crippen molar-refractivity contribution >= 4 is 10.9 Å². The molecular weight excluding hydrogens is 236 g/mol. The largest absolute Gasteiger partial charge is 0.396 e. The highest BCUT2D eigenvalue weighted by atomic mass is 16.3. The second-order valence-corrected chi connectivity index (χ2v) is 5.89. The molecule has 0 radical (unpaired) electrons. The number of aliphatic hydroxyl groups is 1. The van der Waals surface area contributed by atoms with Crippen LogP contribution in [0.3, 0.4) is 0 Å². The number of aromatic amines is 1. The predicted octanol–water partition coefficient (Wildman–Crippen LogP) is 2.73. The van der Waals surface area contributed by atoms with Crippen LogP contribution in [0, 0.1) is 12.3 Å². The summed E-state index contributed by atoms with van der Waals surface area (Å²) < 4.78 is 0. The lowest BCUT2D eigenvalue weighted by molar-refractivity contribution is 0.0445. The first-order valence-electron chi connectivity index (χ1n) is 7.12. The molecule has 19 heavy (non-hydrogen) atoms. The molecule has 1 fully saturated rings. The van der Waals surface area contributed by atoms with Crippen LogP contribution in [0.2, 0.25) is 0 Å². The molecule has 3 rings (SSSR count). The fraction of sp³-hybridized carbons (Fsp3) is 0.500. The molecule has 2 aromatic rings. The summed E-state index contributed by atoms with van der Waals surface area (Å²) in [6.07, 6.45) is 3.57. The third-order valence-electron chi connectivity index (χ3n) is 4.58. The summed E-state index contributed by atoms with van der Waals surface area (Å²) in [5, 5.41) is 14.3. The molecule has 0 amide bonds. The van der Waals surface area contributed by atoms with E-state index in [0.717, 1.165) is 25.9 Å². The van der Waals surface area contributed by atoms with Gasteiger partial charge in [-0.25, -0.2) is 0 Å². The maximum Gasteiger partial charge on any atom is 0.0499 e. The molecule has 102 valence electrons. The Hall–Kier alpha value is -1.32. The Morgan fingerprint density at radius 1 is 1.32 bits per heavy atom. The van der Waals surface area contributed by atoms with Crippen LogP contribution in [-0.2, 0) is 6.54 Å². The van der Waals surface area contributed by atoms with Crippen molar-refractivity contribution < 1.29 is 5.11 Å². The fourth-order valence-corrected chi connectivity index (χ4v) is 3.08. The summed E-state index contributed by atoms with van der Waals surface area (Å²) in [4.78, 5) is 3.43. The van der Waals surface area contributed by atoms with Gasteiger partial charge < -0.3 is 15.4 Å². The van der Waals surface area contributed by atoms with Crippen molar-refractivity contribution in [3.63, 3.8) is 0 Å². The van der Waals surface area contributed by atoms with E-state index in [0.29, 0.717) is 6.61 Å². The number of H-pyrrole nitrogens is 1. The second-order valence-electron chi connectivity index (χ2n) is 5.89. The summed E-state index contributed by atoms with van der Waals surface area (Å²) in [5.41, 5.74) is 3.95. The molecule has 1 heterocycles. The number of para-hydroxylation sites is 1. The number of hydrogen-bond donors (Lipinski definition) is 3. The molecule has 1 aromatic carbocycles. The van der Waals surface area contributed by atoms with Crippen molar-refractivity contribution in [2.45, 2.75) is 32.7 Å². The van der Waals surface area contributed by atoms with Gasteiger partial charge in [0.2, 0.25) is 0 Å². The average molecular weight is 258 g/mol. The number of nitrogens with one attached hydrogen (secondary N) is 2. The Morgan fingerprint density at radius 2 is 2.11 bits per heavy atom. The van der Waals surface area contributed by atoms with Crippen LogP contribution in [0.4, 0.5) is 0 Å². The molecule has 0 spiro atoms. The molecule has 3 N–H and O–H groups in total. The number of aliphatic hydroxyl groups excluding tert-OH is 1. The Kier molecular flexibility index (Phi) is 3.33. The van der Waals surface area contributed by atoms with Gasteiger partial charge in [0, 0.05) is 41.7 Å². The SMILES string of the molecule is Cc1[nH]c2ccccc2c1CNCC1(CO)CCC1. The lowest BCUT2D eigenvalue weighted by atomic mass is 9.69. The zero-order valence-corrected chi connectivity index (χ0v) is 11.5. The van der Waals surface area contributed by atoms with Gasteiger partial charge in [-0.2, -0.15) is 0 Å². The number of hydrogen-bond acceptors (Lipinski definition) is 2. The topological polar surface area (TPSA) is 48.0 Å². The molecule has 3 nitrogen and oxygen atoms in total. The fourth-order valence-electron chi connectivity index (χ4n) is 3.08. The van der Waals surface area contributed by atoms with Crippen LogP contribution in [-0.4, -0.2) is 23.2 Å². The normalized spacial score (nSPS) is 17.6. The number of aromatic nitrogens is 1. The van der Waals surface area contributed by atoms with Crippen molar-refractivity contribution in [3.05, 3.63) is 35.5 Å². The molecule has 1 saturated carbocycles. The van der Waals surface area contributed by atoms with Crippen LogP contribution < -0.4 is 5.32 Å². The summed E-state index contributed by atoms with van der Waals surface area (Å²) in [6, 6.07) is 8.43. The van der Waals surface area contributed by atoms with Crippen LogP contribution in [0.1, 0.15) is 30.5 Å². The molecule has 3 heteroatoms. The van der Waals surface area contributed by atoms with Crippen molar-refractivity contribution in [1.29, 1.82) is 0 Å². The summed E-state index contributed by atoms with van der Waals surface area (Å²) in [6.45, 7) is 4.23. The number of fused-ring (bicyclic) bond motifs is 1. The molecule has 0 atom stereocenters. The van der Waals surface area contributed by atoms with E-state index in [1.807, 2.05) is 0 Å². The Morgan fingerprint density at radius 3 is 2.79 bits per heavy atom.